The van der Waals surface area contributed by atoms with E-state index in [2.05, 4.69) is 10.3 Å². The average molecular weight is 427 g/mol. The molecule has 29 heavy (non-hydrogen) atoms. The highest BCUT2D eigenvalue weighted by atomic mass is 35.5. The second kappa shape index (κ2) is 8.31. The number of pyridine rings is 1. The van der Waals surface area contributed by atoms with Gasteiger partial charge in [-0.1, -0.05) is 12.1 Å². The number of alkyl halides is 1. The number of rotatable bonds is 5. The van der Waals surface area contributed by atoms with Gasteiger partial charge in [0.15, 0.2) is 0 Å². The van der Waals surface area contributed by atoms with E-state index in [0.29, 0.717) is 17.9 Å². The van der Waals surface area contributed by atoms with Crippen LogP contribution in [-0.2, 0) is 11.3 Å². The third kappa shape index (κ3) is 4.31. The maximum atomic E-state index is 12.2. The van der Waals surface area contributed by atoms with Crippen molar-refractivity contribution in [3.05, 3.63) is 87.7 Å². The molecule has 0 spiro atoms. The van der Waals surface area contributed by atoms with Crippen molar-refractivity contribution in [2.45, 2.75) is 24.6 Å². The Balaban J connectivity index is 1.47. The quantitative estimate of drug-likeness (QED) is 0.633. The first-order chi connectivity index (χ1) is 14.0. The van der Waals surface area contributed by atoms with Gasteiger partial charge < -0.3 is 9.88 Å². The maximum absolute atomic E-state index is 12.2. The number of carbonyl (C=O) groups is 1. The van der Waals surface area contributed by atoms with Gasteiger partial charge in [-0.25, -0.2) is 4.98 Å². The third-order valence-electron chi connectivity index (χ3n) is 4.56. The van der Waals surface area contributed by atoms with Gasteiger partial charge in [0.1, 0.15) is 5.82 Å². The van der Waals surface area contributed by atoms with Crippen LogP contribution in [-0.4, -0.2) is 24.7 Å². The molecule has 1 atom stereocenters. The van der Waals surface area contributed by atoms with Gasteiger partial charge in [0, 0.05) is 29.8 Å². The molecule has 4 rings (SSSR count). The average Bonchev–Trinajstić information content (AvgIpc) is 3.32. The van der Waals surface area contributed by atoms with Gasteiger partial charge in [0.2, 0.25) is 0 Å². The van der Waals surface area contributed by atoms with Crippen LogP contribution in [0.15, 0.2) is 70.6 Å². The van der Waals surface area contributed by atoms with E-state index in [9.17, 15) is 9.59 Å². The molecule has 1 unspecified atom stereocenters. The molecule has 3 aromatic rings. The van der Waals surface area contributed by atoms with Crippen LogP contribution in [0, 0.1) is 6.92 Å². The van der Waals surface area contributed by atoms with Gasteiger partial charge in [-0.3, -0.25) is 14.2 Å². The van der Waals surface area contributed by atoms with E-state index in [1.54, 1.807) is 16.8 Å². The summed E-state index contributed by atoms with van der Waals surface area (Å²) >= 11 is 7.39. The summed E-state index contributed by atoms with van der Waals surface area (Å²) < 4.78 is 3.48. The molecular weight excluding hydrogens is 408 g/mol. The number of benzene rings is 1. The summed E-state index contributed by atoms with van der Waals surface area (Å²) in [6, 6.07) is 12.7. The standard InChI is InChI=1S/C21H19ClN4O2S/c1-14-24-15(12-23-21(28)18-9-10-19(22)29-18)13-26(14)17-7-5-16(6-8-17)25-11-3-2-4-20(25)27/h2-9,11,13,19H,10,12H2,1H3,(H,23,28). The zero-order valence-corrected chi connectivity index (χ0v) is 17.3. The van der Waals surface area contributed by atoms with E-state index in [1.807, 2.05) is 54.1 Å². The molecule has 1 aliphatic heterocycles. The number of aryl methyl sites for hydroxylation is 1. The molecule has 0 radical (unpaired) electrons. The van der Waals surface area contributed by atoms with Crippen molar-refractivity contribution in [3.63, 3.8) is 0 Å². The van der Waals surface area contributed by atoms with Crippen molar-refractivity contribution >= 4 is 29.3 Å². The summed E-state index contributed by atoms with van der Waals surface area (Å²) in [5.41, 5.74) is 2.42. The number of carbonyl (C=O) groups excluding carboxylic acids is 1. The zero-order chi connectivity index (χ0) is 20.4. The normalized spacial score (nSPS) is 15.9. The summed E-state index contributed by atoms with van der Waals surface area (Å²) in [5, 5.41) is 2.89. The van der Waals surface area contributed by atoms with E-state index in [0.717, 1.165) is 22.9 Å². The summed E-state index contributed by atoms with van der Waals surface area (Å²) in [6.45, 7) is 2.25. The molecule has 1 amide bonds. The summed E-state index contributed by atoms with van der Waals surface area (Å²) in [7, 11) is 0. The number of thioether (sulfide) groups is 1. The predicted molar refractivity (Wildman–Crippen MR) is 116 cm³/mol. The summed E-state index contributed by atoms with van der Waals surface area (Å²) in [5.74, 6) is 0.692. The molecular formula is C21H19ClN4O2S. The Bertz CT molecular complexity index is 1130. The molecule has 0 aliphatic carbocycles. The van der Waals surface area contributed by atoms with E-state index in [-0.39, 0.29) is 16.2 Å². The van der Waals surface area contributed by atoms with Crippen LogP contribution in [0.2, 0.25) is 0 Å². The molecule has 0 saturated heterocycles. The smallest absolute Gasteiger partial charge is 0.257 e. The molecule has 0 bridgehead atoms. The Morgan fingerprint density at radius 3 is 2.59 bits per heavy atom. The SMILES string of the molecule is Cc1nc(CNC(=O)C2=CCC(Cl)S2)cn1-c1ccc(-n2ccccc2=O)cc1. The Hall–Kier alpha value is -2.77. The lowest BCUT2D eigenvalue weighted by Gasteiger charge is -2.08. The van der Waals surface area contributed by atoms with Crippen LogP contribution in [0.1, 0.15) is 17.9 Å². The van der Waals surface area contributed by atoms with Gasteiger partial charge in [0.05, 0.1) is 21.9 Å². The van der Waals surface area contributed by atoms with Crippen LogP contribution in [0.25, 0.3) is 11.4 Å². The number of aromatic nitrogens is 3. The Kier molecular flexibility index (Phi) is 5.60. The molecule has 1 N–H and O–H groups in total. The molecule has 3 heterocycles. The van der Waals surface area contributed by atoms with Crippen molar-refractivity contribution in [1.82, 2.24) is 19.4 Å². The van der Waals surface area contributed by atoms with Gasteiger partial charge in [-0.2, -0.15) is 0 Å². The van der Waals surface area contributed by atoms with Crippen LogP contribution in [0.5, 0.6) is 0 Å². The monoisotopic (exact) mass is 426 g/mol. The van der Waals surface area contributed by atoms with Crippen LogP contribution >= 0.6 is 23.4 Å². The van der Waals surface area contributed by atoms with Gasteiger partial charge in [0.25, 0.3) is 11.5 Å². The van der Waals surface area contributed by atoms with Gasteiger partial charge >= 0.3 is 0 Å². The number of hydrogen-bond acceptors (Lipinski definition) is 4. The molecule has 1 aromatic carbocycles. The third-order valence-corrected chi connectivity index (χ3v) is 6.06. The van der Waals surface area contributed by atoms with Crippen molar-refractivity contribution in [1.29, 1.82) is 0 Å². The number of nitrogens with zero attached hydrogens (tertiary/aromatic N) is 3. The number of hydrogen-bond donors (Lipinski definition) is 1. The summed E-state index contributed by atoms with van der Waals surface area (Å²) in [6.07, 6.45) is 6.21. The van der Waals surface area contributed by atoms with Crippen LogP contribution in [0.4, 0.5) is 0 Å². The van der Waals surface area contributed by atoms with Crippen molar-refractivity contribution in [2.75, 3.05) is 0 Å². The highest BCUT2D eigenvalue weighted by Crippen LogP contribution is 2.34. The number of imidazole rings is 1. The minimum absolute atomic E-state index is 0.0630. The second-order valence-corrected chi connectivity index (χ2v) is 8.62. The topological polar surface area (TPSA) is 68.9 Å². The Labute approximate surface area is 177 Å². The molecule has 8 heteroatoms. The van der Waals surface area contributed by atoms with E-state index in [4.69, 9.17) is 11.6 Å². The van der Waals surface area contributed by atoms with Gasteiger partial charge in [-0.05, 0) is 43.7 Å². The fourth-order valence-corrected chi connectivity index (χ4v) is 4.35. The molecule has 2 aromatic heterocycles. The first-order valence-electron chi connectivity index (χ1n) is 9.14. The van der Waals surface area contributed by atoms with E-state index < -0.39 is 0 Å². The van der Waals surface area contributed by atoms with Crippen molar-refractivity contribution < 1.29 is 4.79 Å². The lowest BCUT2D eigenvalue weighted by molar-refractivity contribution is -0.117. The maximum Gasteiger partial charge on any atom is 0.257 e. The zero-order valence-electron chi connectivity index (χ0n) is 15.7. The minimum Gasteiger partial charge on any atom is -0.346 e. The van der Waals surface area contributed by atoms with Crippen LogP contribution in [0.3, 0.4) is 0 Å². The fraction of sp³-hybridized carbons (Fsp3) is 0.190. The Morgan fingerprint density at radius 1 is 1.21 bits per heavy atom. The lowest BCUT2D eigenvalue weighted by Crippen LogP contribution is -2.23. The van der Waals surface area contributed by atoms with E-state index >= 15 is 0 Å². The van der Waals surface area contributed by atoms with E-state index in [1.165, 1.54) is 17.8 Å². The predicted octanol–water partition coefficient (Wildman–Crippen LogP) is 3.53. The first kappa shape index (κ1) is 19.5. The second-order valence-electron chi connectivity index (χ2n) is 6.59. The minimum atomic E-state index is -0.122. The number of nitrogens with one attached hydrogen (secondary N) is 1. The van der Waals surface area contributed by atoms with Gasteiger partial charge in [-0.15, -0.1) is 23.4 Å². The Morgan fingerprint density at radius 2 is 1.93 bits per heavy atom. The number of allylic oxidation sites excluding steroid dienone is 1. The highest BCUT2D eigenvalue weighted by Gasteiger charge is 2.20. The summed E-state index contributed by atoms with van der Waals surface area (Å²) in [4.78, 5) is 29.4. The molecule has 148 valence electrons. The molecule has 0 saturated carbocycles. The largest absolute Gasteiger partial charge is 0.346 e. The number of amides is 1. The number of halogens is 1. The fourth-order valence-electron chi connectivity index (χ4n) is 3.13. The first-order valence-corrected chi connectivity index (χ1v) is 10.5. The lowest BCUT2D eigenvalue weighted by atomic mass is 10.2. The van der Waals surface area contributed by atoms with Crippen molar-refractivity contribution in [3.8, 4) is 11.4 Å². The highest BCUT2D eigenvalue weighted by molar-refractivity contribution is 8.05. The van der Waals surface area contributed by atoms with Crippen LogP contribution < -0.4 is 10.9 Å². The molecule has 0 fully saturated rings. The molecule has 6 nitrogen and oxygen atoms in total. The molecule has 1 aliphatic rings. The van der Waals surface area contributed by atoms with Crippen molar-refractivity contribution in [2.24, 2.45) is 0 Å².